The first kappa shape index (κ1) is 50.1. The molecule has 0 radical (unpaired) electrons. The molecule has 20 N–H and O–H groups in total. The van der Waals surface area contributed by atoms with Crippen molar-refractivity contribution < 1.29 is 48.6 Å². The van der Waals surface area contributed by atoms with E-state index in [0.29, 0.717) is 31.5 Å². The Labute approximate surface area is 368 Å². The molecule has 2 heterocycles. The van der Waals surface area contributed by atoms with Crippen LogP contribution in [0.1, 0.15) is 74.8 Å². The maximum Gasteiger partial charge on any atom is 0.316 e. The summed E-state index contributed by atoms with van der Waals surface area (Å²) >= 11 is 0. The molecule has 3 aliphatic rings. The van der Waals surface area contributed by atoms with Gasteiger partial charge >= 0.3 is 12.1 Å². The SMILES string of the molecule is NCCC[C@H](N)CC(=O)NC1CNC(=O)[C@@H](C2CC(NC(=O)NCc3cccc(C4CCCCC4)c3)N=C(N)N2)NC(=O)/C(=C/NC(N)=O)NC(=O)[C@@H](CO)NC(=O)[C@@H](CO)NC1=O. The van der Waals surface area contributed by atoms with Gasteiger partial charge in [-0.3, -0.25) is 28.8 Å². The molecule has 64 heavy (non-hydrogen) atoms. The predicted molar refractivity (Wildman–Crippen MR) is 229 cm³/mol. The summed E-state index contributed by atoms with van der Waals surface area (Å²) in [6.45, 7) is -2.24. The Hall–Kier alpha value is -6.57. The summed E-state index contributed by atoms with van der Waals surface area (Å²) in [6, 6.07) is -2.49. The number of amides is 10. The molecular weight excluding hydrogens is 839 g/mol. The second kappa shape index (κ2) is 24.9. The van der Waals surface area contributed by atoms with Gasteiger partial charge in [0.05, 0.1) is 19.3 Å². The van der Waals surface area contributed by atoms with Crippen molar-refractivity contribution >= 4 is 53.5 Å². The van der Waals surface area contributed by atoms with Gasteiger partial charge in [-0.2, -0.15) is 0 Å². The van der Waals surface area contributed by atoms with Gasteiger partial charge in [-0.05, 0) is 49.3 Å². The number of nitrogens with two attached hydrogens (primary N) is 4. The number of nitrogens with one attached hydrogen (secondary N) is 10. The predicted octanol–water partition coefficient (Wildman–Crippen LogP) is -5.33. The number of hydrogen-bond donors (Lipinski definition) is 16. The number of guanidine groups is 1. The molecule has 10 amide bonds. The molecule has 0 spiro atoms. The van der Waals surface area contributed by atoms with Crippen LogP contribution in [0.25, 0.3) is 0 Å². The van der Waals surface area contributed by atoms with Crippen molar-refractivity contribution in [3.8, 4) is 0 Å². The van der Waals surface area contributed by atoms with Crippen LogP contribution in [0.3, 0.4) is 0 Å². The third-order valence-electron chi connectivity index (χ3n) is 10.7. The zero-order valence-electron chi connectivity index (χ0n) is 35.3. The summed E-state index contributed by atoms with van der Waals surface area (Å²) in [5.74, 6) is -6.19. The lowest BCUT2D eigenvalue weighted by Crippen LogP contribution is -2.65. The molecule has 0 bridgehead atoms. The van der Waals surface area contributed by atoms with Crippen LogP contribution in [0.4, 0.5) is 9.59 Å². The summed E-state index contributed by atoms with van der Waals surface area (Å²) in [5.41, 5.74) is 24.3. The minimum absolute atomic E-state index is 0.187. The van der Waals surface area contributed by atoms with Gasteiger partial charge in [0.1, 0.15) is 36.0 Å². The maximum absolute atomic E-state index is 14.2. The normalized spacial score (nSPS) is 25.2. The molecule has 3 unspecified atom stereocenters. The Bertz CT molecular complexity index is 1910. The van der Waals surface area contributed by atoms with Crippen molar-refractivity contribution in [2.75, 3.05) is 26.3 Å². The first-order valence-corrected chi connectivity index (χ1v) is 21.1. The van der Waals surface area contributed by atoms with E-state index in [0.717, 1.165) is 18.4 Å². The van der Waals surface area contributed by atoms with Gasteiger partial charge in [0.2, 0.25) is 29.5 Å². The van der Waals surface area contributed by atoms with Crippen molar-refractivity contribution in [3.05, 3.63) is 47.3 Å². The Morgan fingerprint density at radius 2 is 1.61 bits per heavy atom. The third-order valence-corrected chi connectivity index (χ3v) is 10.7. The molecule has 25 heteroatoms. The second-order valence-corrected chi connectivity index (χ2v) is 15.7. The number of aliphatic hydroxyl groups is 2. The fourth-order valence-electron chi connectivity index (χ4n) is 7.35. The minimum atomic E-state index is -1.81. The standard InChI is InChI=1S/C39H61N15O10/c40-11-5-10-23(41)13-30(57)47-25-16-44-36(62)31(54-33(59)26(17-45-38(43)63)48-34(60)27(18-55)50-35(61)28(19-56)49-32(25)58)24-14-29(52-37(42)51-24)53-39(64)46-15-20-6-4-9-22(12-20)21-7-2-1-3-8-21/h4,6,9,12,17,21,23-25,27-29,31,55-56H,1-3,5,7-8,10-11,13-16,18-19,40-41H2,(H,44,62)(H,47,57)(H,48,60)(H,49,58)(H,50,61)(H,54,59)(H3,42,51,52)(H3,43,45,63)(H2,46,53,64)/b26-17-/t23-,24?,25?,27+,28+,29?,31+/m0/s1. The Kier molecular flexibility index (Phi) is 19.5. The number of hydrogen-bond acceptors (Lipinski definition) is 15. The highest BCUT2D eigenvalue weighted by Gasteiger charge is 2.38. The molecule has 1 saturated heterocycles. The quantitative estimate of drug-likeness (QED) is 0.0776. The highest BCUT2D eigenvalue weighted by atomic mass is 16.3. The van der Waals surface area contributed by atoms with E-state index in [1.165, 1.54) is 24.8 Å². The van der Waals surface area contributed by atoms with E-state index in [1.54, 1.807) is 0 Å². The van der Waals surface area contributed by atoms with E-state index >= 15 is 0 Å². The molecule has 2 aliphatic heterocycles. The van der Waals surface area contributed by atoms with Crippen molar-refractivity contribution in [2.45, 2.75) is 113 Å². The van der Waals surface area contributed by atoms with Gasteiger partial charge in [-0.25, -0.2) is 14.6 Å². The van der Waals surface area contributed by atoms with E-state index < -0.39 is 115 Å². The van der Waals surface area contributed by atoms with Crippen molar-refractivity contribution in [1.29, 1.82) is 0 Å². The first-order chi connectivity index (χ1) is 30.6. The average molecular weight is 900 g/mol. The molecule has 1 aliphatic carbocycles. The number of aliphatic hydroxyl groups excluding tert-OH is 2. The molecular formula is C39H61N15O10. The van der Waals surface area contributed by atoms with Crippen molar-refractivity contribution in [1.82, 2.24) is 53.2 Å². The summed E-state index contributed by atoms with van der Waals surface area (Å²) < 4.78 is 0. The largest absolute Gasteiger partial charge is 0.394 e. The van der Waals surface area contributed by atoms with Crippen LogP contribution in [0, 0.1) is 0 Å². The number of primary amides is 1. The third kappa shape index (κ3) is 15.7. The number of carbonyl (C=O) groups excluding carboxylic acids is 8. The highest BCUT2D eigenvalue weighted by molar-refractivity contribution is 6.02. The van der Waals surface area contributed by atoms with Gasteiger partial charge in [0, 0.05) is 38.2 Å². The minimum Gasteiger partial charge on any atom is -0.394 e. The van der Waals surface area contributed by atoms with Gasteiger partial charge in [-0.15, -0.1) is 0 Å². The number of carbonyl (C=O) groups is 8. The number of nitrogens with zero attached hydrogens (tertiary/aromatic N) is 1. The molecule has 7 atom stereocenters. The fraction of sp³-hybridized carbons (Fsp3) is 0.564. The lowest BCUT2D eigenvalue weighted by Gasteiger charge is -2.34. The Morgan fingerprint density at radius 3 is 2.30 bits per heavy atom. The van der Waals surface area contributed by atoms with Gasteiger partial charge < -0.3 is 86.3 Å². The summed E-state index contributed by atoms with van der Waals surface area (Å²) in [4.78, 5) is 110. The lowest BCUT2D eigenvalue weighted by molar-refractivity contribution is -0.135. The van der Waals surface area contributed by atoms with Crippen LogP contribution in [-0.2, 0) is 35.3 Å². The van der Waals surface area contributed by atoms with Crippen LogP contribution >= 0.6 is 0 Å². The summed E-state index contributed by atoms with van der Waals surface area (Å²) in [5, 5.41) is 44.2. The van der Waals surface area contributed by atoms with E-state index in [9.17, 15) is 48.6 Å². The fourth-order valence-corrected chi connectivity index (χ4v) is 7.35. The highest BCUT2D eigenvalue weighted by Crippen LogP contribution is 2.32. The smallest absolute Gasteiger partial charge is 0.316 e. The molecule has 1 aromatic rings. The number of urea groups is 2. The molecule has 352 valence electrons. The van der Waals surface area contributed by atoms with Crippen molar-refractivity contribution in [2.24, 2.45) is 27.9 Å². The van der Waals surface area contributed by atoms with Gasteiger partial charge in [-0.1, -0.05) is 43.5 Å². The molecule has 2 fully saturated rings. The number of aliphatic imine (C=N–C) groups is 1. The Balaban J connectivity index is 1.61. The monoisotopic (exact) mass is 899 g/mol. The van der Waals surface area contributed by atoms with Gasteiger partial charge in [0.15, 0.2) is 5.96 Å². The van der Waals surface area contributed by atoms with Crippen LogP contribution in [0.2, 0.25) is 0 Å². The number of rotatable bonds is 14. The Morgan fingerprint density at radius 1 is 0.906 bits per heavy atom. The topological polar surface area (TPSA) is 414 Å². The van der Waals surface area contributed by atoms with Gasteiger partial charge in [0.25, 0.3) is 5.91 Å². The van der Waals surface area contributed by atoms with E-state index in [4.69, 9.17) is 22.9 Å². The average Bonchev–Trinajstić information content (AvgIpc) is 3.27. The summed E-state index contributed by atoms with van der Waals surface area (Å²) in [6.07, 6.45) is 5.83. The van der Waals surface area contributed by atoms with E-state index in [-0.39, 0.29) is 25.3 Å². The maximum atomic E-state index is 14.2. The molecule has 1 aromatic carbocycles. The molecule has 1 saturated carbocycles. The zero-order chi connectivity index (χ0) is 46.8. The summed E-state index contributed by atoms with van der Waals surface area (Å²) in [7, 11) is 0. The van der Waals surface area contributed by atoms with Crippen LogP contribution in [-0.4, -0.2) is 132 Å². The number of benzene rings is 1. The molecule has 25 nitrogen and oxygen atoms in total. The van der Waals surface area contributed by atoms with Crippen molar-refractivity contribution in [3.63, 3.8) is 0 Å². The van der Waals surface area contributed by atoms with E-state index in [1.807, 2.05) is 17.4 Å². The van der Waals surface area contributed by atoms with Crippen LogP contribution in [0.5, 0.6) is 0 Å². The second-order valence-electron chi connectivity index (χ2n) is 15.7. The first-order valence-electron chi connectivity index (χ1n) is 21.1. The molecule has 0 aromatic heterocycles. The van der Waals surface area contributed by atoms with Crippen LogP contribution < -0.4 is 76.1 Å². The molecule has 4 rings (SSSR count). The zero-order valence-corrected chi connectivity index (χ0v) is 35.3. The van der Waals surface area contributed by atoms with E-state index in [2.05, 4.69) is 65.0 Å². The van der Waals surface area contributed by atoms with Crippen LogP contribution in [0.15, 0.2) is 41.2 Å². The lowest BCUT2D eigenvalue weighted by atomic mass is 9.83.